The second-order valence-corrected chi connectivity index (χ2v) is 2.68. The molecule has 0 aromatic heterocycles. The molecule has 0 radical (unpaired) electrons. The van der Waals surface area contributed by atoms with E-state index >= 15 is 0 Å². The van der Waals surface area contributed by atoms with E-state index in [9.17, 15) is 13.6 Å². The normalized spacial score (nSPS) is 10.1. The molecule has 1 aromatic rings. The number of carbonyl (C=O) groups excluding carboxylic acids is 1. The van der Waals surface area contributed by atoms with Gasteiger partial charge in [0.1, 0.15) is 6.07 Å². The average molecular weight is 224 g/mol. The minimum atomic E-state index is -1.26. The van der Waals surface area contributed by atoms with Crippen molar-refractivity contribution in [2.24, 2.45) is 10.8 Å². The Hall–Kier alpha value is -2.49. The Morgan fingerprint density at radius 2 is 2.19 bits per heavy atom. The highest BCUT2D eigenvalue weighted by molar-refractivity contribution is 5.82. The number of primary amides is 1. The fourth-order valence-electron chi connectivity index (χ4n) is 0.916. The zero-order chi connectivity index (χ0) is 12.1. The summed E-state index contributed by atoms with van der Waals surface area (Å²) >= 11 is 0. The van der Waals surface area contributed by atoms with Crippen LogP contribution in [0, 0.1) is 23.0 Å². The Morgan fingerprint density at radius 1 is 1.50 bits per heavy atom. The lowest BCUT2D eigenvalue weighted by Gasteiger charge is -1.99. The molecule has 0 aliphatic heterocycles. The Morgan fingerprint density at radius 3 is 2.75 bits per heavy atom. The van der Waals surface area contributed by atoms with E-state index in [1.54, 1.807) is 0 Å². The summed E-state index contributed by atoms with van der Waals surface area (Å²) in [5.41, 5.74) is 5.91. The summed E-state index contributed by atoms with van der Waals surface area (Å²) in [6, 6.07) is 2.82. The van der Waals surface area contributed by atoms with Crippen LogP contribution in [-0.4, -0.2) is 12.2 Å². The third-order valence-corrected chi connectivity index (χ3v) is 1.61. The molecule has 0 saturated heterocycles. The van der Waals surface area contributed by atoms with E-state index < -0.39 is 23.2 Å². The molecule has 5 nitrogen and oxygen atoms in total. The fourth-order valence-corrected chi connectivity index (χ4v) is 0.916. The number of nitriles is 1. The summed E-state index contributed by atoms with van der Waals surface area (Å²) in [4.78, 5) is 10.2. The highest BCUT2D eigenvalue weighted by Crippen LogP contribution is 2.14. The highest BCUT2D eigenvalue weighted by atomic mass is 19.2. The topological polar surface area (TPSA) is 91.3 Å². The van der Waals surface area contributed by atoms with Gasteiger partial charge in [-0.05, 0) is 12.1 Å². The van der Waals surface area contributed by atoms with Gasteiger partial charge in [0, 0.05) is 5.56 Å². The van der Waals surface area contributed by atoms with Crippen LogP contribution in [0.4, 0.5) is 13.6 Å². The predicted octanol–water partition coefficient (Wildman–Crippen LogP) is 0.839. The molecule has 0 saturated carbocycles. The van der Waals surface area contributed by atoms with Gasteiger partial charge < -0.3 is 5.73 Å². The highest BCUT2D eigenvalue weighted by Gasteiger charge is 2.11. The van der Waals surface area contributed by atoms with Crippen molar-refractivity contribution in [3.63, 3.8) is 0 Å². The predicted molar refractivity (Wildman–Crippen MR) is 51.4 cm³/mol. The zero-order valence-electron chi connectivity index (χ0n) is 7.87. The number of nitrogens with zero attached hydrogens (tertiary/aromatic N) is 2. The molecule has 0 bridgehead atoms. The fraction of sp³-hybridized carbons (Fsp3) is 0. The Bertz CT molecular complexity index is 493. The standard InChI is InChI=1S/C9H6F2N4O/c10-7-5(3-12)1-2-6(8(7)11)4-14-15-9(13)16/h1-2,4H,(H3,13,15,16). The van der Waals surface area contributed by atoms with Gasteiger partial charge in [0.2, 0.25) is 0 Å². The van der Waals surface area contributed by atoms with Crippen LogP contribution in [0.5, 0.6) is 0 Å². The second-order valence-electron chi connectivity index (χ2n) is 2.68. The maximum atomic E-state index is 13.2. The summed E-state index contributed by atoms with van der Waals surface area (Å²) < 4.78 is 26.3. The number of halogens is 2. The van der Waals surface area contributed by atoms with Gasteiger partial charge in [-0.1, -0.05) is 0 Å². The van der Waals surface area contributed by atoms with Gasteiger partial charge in [-0.2, -0.15) is 10.4 Å². The first-order valence-corrected chi connectivity index (χ1v) is 4.03. The van der Waals surface area contributed by atoms with E-state index in [1.165, 1.54) is 6.07 Å². The summed E-state index contributed by atoms with van der Waals surface area (Å²) in [6.07, 6.45) is 0.879. The first kappa shape index (κ1) is 11.6. The number of urea groups is 1. The molecule has 3 N–H and O–H groups in total. The zero-order valence-corrected chi connectivity index (χ0v) is 7.87. The summed E-state index contributed by atoms with van der Waals surface area (Å²) in [5, 5.41) is 11.7. The van der Waals surface area contributed by atoms with Crippen LogP contribution in [0.25, 0.3) is 0 Å². The van der Waals surface area contributed by atoms with Crippen LogP contribution in [0.15, 0.2) is 17.2 Å². The molecule has 1 rings (SSSR count). The van der Waals surface area contributed by atoms with E-state index in [0.29, 0.717) is 0 Å². The molecule has 82 valence electrons. The Balaban J connectivity index is 3.00. The maximum Gasteiger partial charge on any atom is 0.332 e. The molecular weight excluding hydrogens is 218 g/mol. The summed E-state index contributed by atoms with van der Waals surface area (Å²) in [6.45, 7) is 0. The SMILES string of the molecule is N#Cc1ccc(C=NNC(N)=O)c(F)c1F. The van der Waals surface area contributed by atoms with Crippen molar-refractivity contribution >= 4 is 12.2 Å². The van der Waals surface area contributed by atoms with Crippen molar-refractivity contribution in [3.8, 4) is 6.07 Å². The summed E-state index contributed by atoms with van der Waals surface area (Å²) in [7, 11) is 0. The van der Waals surface area contributed by atoms with Gasteiger partial charge in [-0.15, -0.1) is 0 Å². The molecule has 0 heterocycles. The molecule has 0 spiro atoms. The lowest BCUT2D eigenvalue weighted by atomic mass is 10.1. The third kappa shape index (κ3) is 2.51. The number of rotatable bonds is 2. The molecule has 1 aromatic carbocycles. The molecule has 0 aliphatic rings. The van der Waals surface area contributed by atoms with E-state index in [2.05, 4.69) is 5.10 Å². The molecule has 0 fully saturated rings. The minimum Gasteiger partial charge on any atom is -0.350 e. The maximum absolute atomic E-state index is 13.2. The lowest BCUT2D eigenvalue weighted by molar-refractivity contribution is 0.249. The molecule has 0 atom stereocenters. The molecule has 0 unspecified atom stereocenters. The number of nitrogens with two attached hydrogens (primary N) is 1. The van der Waals surface area contributed by atoms with Gasteiger partial charge in [-0.3, -0.25) is 0 Å². The monoisotopic (exact) mass is 224 g/mol. The van der Waals surface area contributed by atoms with Crippen molar-refractivity contribution in [3.05, 3.63) is 34.9 Å². The van der Waals surface area contributed by atoms with Gasteiger partial charge in [-0.25, -0.2) is 19.0 Å². The van der Waals surface area contributed by atoms with Crippen molar-refractivity contribution in [2.45, 2.75) is 0 Å². The number of benzene rings is 1. The first-order valence-electron chi connectivity index (χ1n) is 4.03. The molecule has 16 heavy (non-hydrogen) atoms. The van der Waals surface area contributed by atoms with Crippen LogP contribution in [0.1, 0.15) is 11.1 Å². The second kappa shape index (κ2) is 4.84. The molecule has 2 amide bonds. The van der Waals surface area contributed by atoms with Gasteiger partial charge in [0.05, 0.1) is 11.8 Å². The third-order valence-electron chi connectivity index (χ3n) is 1.61. The first-order chi connectivity index (χ1) is 7.56. The Kier molecular flexibility index (Phi) is 3.50. The average Bonchev–Trinajstić information content (AvgIpc) is 2.24. The number of hydrogen-bond acceptors (Lipinski definition) is 3. The molecular formula is C9H6F2N4O. The van der Waals surface area contributed by atoms with Crippen LogP contribution in [0.3, 0.4) is 0 Å². The largest absolute Gasteiger partial charge is 0.350 e. The minimum absolute atomic E-state index is 0.203. The number of carbonyl (C=O) groups is 1. The number of hydrogen-bond donors (Lipinski definition) is 2. The number of nitrogens with one attached hydrogen (secondary N) is 1. The van der Waals surface area contributed by atoms with E-state index in [-0.39, 0.29) is 5.56 Å². The van der Waals surface area contributed by atoms with Crippen LogP contribution < -0.4 is 11.2 Å². The summed E-state index contributed by atoms with van der Waals surface area (Å²) in [5.74, 6) is -2.47. The van der Waals surface area contributed by atoms with E-state index in [0.717, 1.165) is 18.3 Å². The van der Waals surface area contributed by atoms with E-state index in [4.69, 9.17) is 11.0 Å². The van der Waals surface area contributed by atoms with Crippen molar-refractivity contribution in [1.29, 1.82) is 5.26 Å². The number of hydrazone groups is 1. The van der Waals surface area contributed by atoms with Crippen molar-refractivity contribution in [1.82, 2.24) is 5.43 Å². The van der Waals surface area contributed by atoms with E-state index in [1.807, 2.05) is 5.43 Å². The lowest BCUT2D eigenvalue weighted by Crippen LogP contribution is -2.24. The van der Waals surface area contributed by atoms with Crippen molar-refractivity contribution < 1.29 is 13.6 Å². The molecule has 7 heteroatoms. The van der Waals surface area contributed by atoms with Crippen LogP contribution in [0.2, 0.25) is 0 Å². The van der Waals surface area contributed by atoms with Crippen LogP contribution >= 0.6 is 0 Å². The molecule has 0 aliphatic carbocycles. The Labute approximate surface area is 89.2 Å². The van der Waals surface area contributed by atoms with Gasteiger partial charge in [0.15, 0.2) is 11.6 Å². The van der Waals surface area contributed by atoms with Gasteiger partial charge in [0.25, 0.3) is 0 Å². The number of amides is 2. The van der Waals surface area contributed by atoms with Crippen molar-refractivity contribution in [2.75, 3.05) is 0 Å². The van der Waals surface area contributed by atoms with Gasteiger partial charge >= 0.3 is 6.03 Å². The smallest absolute Gasteiger partial charge is 0.332 e. The quantitative estimate of drug-likeness (QED) is 0.575. The van der Waals surface area contributed by atoms with Crippen LogP contribution in [-0.2, 0) is 0 Å².